The highest BCUT2D eigenvalue weighted by molar-refractivity contribution is 6.07. The van der Waals surface area contributed by atoms with E-state index in [4.69, 9.17) is 0 Å². The van der Waals surface area contributed by atoms with Crippen LogP contribution in [0.3, 0.4) is 0 Å². The van der Waals surface area contributed by atoms with Gasteiger partial charge in [-0.2, -0.15) is 0 Å². The van der Waals surface area contributed by atoms with Crippen LogP contribution in [0.15, 0.2) is 36.5 Å². The summed E-state index contributed by atoms with van der Waals surface area (Å²) in [5.74, 6) is 0.546. The monoisotopic (exact) mass is 421 g/mol. The van der Waals surface area contributed by atoms with E-state index < -0.39 is 17.5 Å². The third-order valence-electron chi connectivity index (χ3n) is 6.14. The molecular formula is C23H27N5O3. The molecule has 1 aromatic carbocycles. The lowest BCUT2D eigenvalue weighted by Gasteiger charge is -2.36. The van der Waals surface area contributed by atoms with Crippen molar-refractivity contribution in [1.29, 1.82) is 0 Å². The molecule has 2 aliphatic heterocycles. The van der Waals surface area contributed by atoms with Crippen molar-refractivity contribution < 1.29 is 14.4 Å². The predicted molar refractivity (Wildman–Crippen MR) is 117 cm³/mol. The number of carbonyl (C=O) groups excluding carboxylic acids is 3. The molecule has 2 aliphatic rings. The summed E-state index contributed by atoms with van der Waals surface area (Å²) in [7, 11) is 0. The Balaban J connectivity index is 1.41. The Hall–Kier alpha value is -3.42. The van der Waals surface area contributed by atoms with Gasteiger partial charge in [0.1, 0.15) is 11.4 Å². The molecular weight excluding hydrogens is 394 g/mol. The Labute approximate surface area is 181 Å². The zero-order chi connectivity index (χ0) is 22.2. The maximum atomic E-state index is 13.0. The Morgan fingerprint density at radius 1 is 1.13 bits per heavy atom. The van der Waals surface area contributed by atoms with Crippen LogP contribution in [0.4, 0.5) is 10.6 Å². The first kappa shape index (κ1) is 20.8. The van der Waals surface area contributed by atoms with Gasteiger partial charge in [-0.15, -0.1) is 0 Å². The van der Waals surface area contributed by atoms with Gasteiger partial charge in [-0.1, -0.05) is 25.1 Å². The standard InChI is InChI=1S/C23H27N5O3/c1-4-16-13-15(2)19(24-14-16)27-9-11-28(12-10-27)20(29)17-5-7-18(8-6-17)23(3)21(30)25-22(31)26-23/h5-8,13-14H,4,9-12H2,1-3H3,(H2,25,26,30,31)/t23-/m1/s1. The fourth-order valence-corrected chi connectivity index (χ4v) is 4.15. The molecule has 0 radical (unpaired) electrons. The van der Waals surface area contributed by atoms with Crippen LogP contribution in [0.2, 0.25) is 0 Å². The van der Waals surface area contributed by atoms with E-state index >= 15 is 0 Å². The molecule has 162 valence electrons. The van der Waals surface area contributed by atoms with Gasteiger partial charge >= 0.3 is 6.03 Å². The first-order valence-electron chi connectivity index (χ1n) is 10.6. The Bertz CT molecular complexity index is 1030. The average Bonchev–Trinajstić information content (AvgIpc) is 3.05. The van der Waals surface area contributed by atoms with E-state index in [2.05, 4.69) is 40.4 Å². The fraction of sp³-hybridized carbons (Fsp3) is 0.391. The van der Waals surface area contributed by atoms with Gasteiger partial charge < -0.3 is 15.1 Å². The van der Waals surface area contributed by atoms with E-state index in [1.165, 1.54) is 5.56 Å². The maximum absolute atomic E-state index is 13.0. The molecule has 4 amide bonds. The van der Waals surface area contributed by atoms with Crippen LogP contribution < -0.4 is 15.5 Å². The summed E-state index contributed by atoms with van der Waals surface area (Å²) in [5.41, 5.74) is 2.46. The van der Waals surface area contributed by atoms with E-state index in [-0.39, 0.29) is 5.91 Å². The Morgan fingerprint density at radius 3 is 2.35 bits per heavy atom. The van der Waals surface area contributed by atoms with Crippen molar-refractivity contribution in [3.8, 4) is 0 Å². The third-order valence-corrected chi connectivity index (χ3v) is 6.14. The molecule has 3 heterocycles. The second-order valence-corrected chi connectivity index (χ2v) is 8.23. The summed E-state index contributed by atoms with van der Waals surface area (Å²) in [6.45, 7) is 8.54. The summed E-state index contributed by atoms with van der Waals surface area (Å²) >= 11 is 0. The quantitative estimate of drug-likeness (QED) is 0.736. The Kier molecular flexibility index (Phi) is 5.39. The van der Waals surface area contributed by atoms with Crippen molar-refractivity contribution in [2.75, 3.05) is 31.1 Å². The molecule has 31 heavy (non-hydrogen) atoms. The molecule has 8 nitrogen and oxygen atoms in total. The van der Waals surface area contributed by atoms with E-state index in [1.807, 2.05) is 11.1 Å². The molecule has 4 rings (SSSR count). The summed E-state index contributed by atoms with van der Waals surface area (Å²) in [6, 6.07) is 8.52. The largest absolute Gasteiger partial charge is 0.353 e. The number of carbonyl (C=O) groups is 3. The van der Waals surface area contributed by atoms with Crippen LogP contribution in [0, 0.1) is 6.92 Å². The SMILES string of the molecule is CCc1cnc(N2CCN(C(=O)c3ccc([C@@]4(C)NC(=O)NC4=O)cc3)CC2)c(C)c1. The molecule has 2 fully saturated rings. The molecule has 2 aromatic rings. The minimum Gasteiger partial charge on any atom is -0.353 e. The number of hydrogen-bond donors (Lipinski definition) is 2. The molecule has 0 unspecified atom stereocenters. The van der Waals surface area contributed by atoms with Crippen LogP contribution in [0.5, 0.6) is 0 Å². The third kappa shape index (κ3) is 3.85. The average molecular weight is 422 g/mol. The number of rotatable bonds is 4. The number of aryl methyl sites for hydroxylation is 2. The van der Waals surface area contributed by atoms with Crippen molar-refractivity contribution in [2.24, 2.45) is 0 Å². The number of urea groups is 1. The first-order chi connectivity index (χ1) is 14.8. The number of benzene rings is 1. The zero-order valence-corrected chi connectivity index (χ0v) is 18.1. The van der Waals surface area contributed by atoms with Crippen molar-refractivity contribution in [1.82, 2.24) is 20.5 Å². The molecule has 1 atom stereocenters. The summed E-state index contributed by atoms with van der Waals surface area (Å²) in [6.07, 6.45) is 2.89. The minimum atomic E-state index is -1.12. The van der Waals surface area contributed by atoms with Crippen molar-refractivity contribution in [3.05, 3.63) is 58.8 Å². The highest BCUT2D eigenvalue weighted by Crippen LogP contribution is 2.25. The number of nitrogens with zero attached hydrogens (tertiary/aromatic N) is 3. The highest BCUT2D eigenvalue weighted by Gasteiger charge is 2.43. The number of anilines is 1. The van der Waals surface area contributed by atoms with Crippen molar-refractivity contribution in [2.45, 2.75) is 32.7 Å². The Morgan fingerprint density at radius 2 is 1.81 bits per heavy atom. The van der Waals surface area contributed by atoms with Crippen LogP contribution >= 0.6 is 0 Å². The van der Waals surface area contributed by atoms with Gasteiger partial charge in [0.2, 0.25) is 0 Å². The molecule has 0 saturated carbocycles. The lowest BCUT2D eigenvalue weighted by atomic mass is 9.91. The smallest absolute Gasteiger partial charge is 0.322 e. The topological polar surface area (TPSA) is 94.6 Å². The molecule has 1 aromatic heterocycles. The lowest BCUT2D eigenvalue weighted by molar-refractivity contribution is -0.123. The highest BCUT2D eigenvalue weighted by atomic mass is 16.2. The van der Waals surface area contributed by atoms with Gasteiger partial charge in [-0.3, -0.25) is 14.9 Å². The van der Waals surface area contributed by atoms with Gasteiger partial charge in [-0.25, -0.2) is 9.78 Å². The number of piperazine rings is 1. The van der Waals surface area contributed by atoms with Crippen LogP contribution in [-0.4, -0.2) is 53.9 Å². The number of amides is 4. The number of nitrogens with one attached hydrogen (secondary N) is 2. The molecule has 0 spiro atoms. The van der Waals surface area contributed by atoms with E-state index in [9.17, 15) is 14.4 Å². The number of imide groups is 1. The second-order valence-electron chi connectivity index (χ2n) is 8.23. The summed E-state index contributed by atoms with van der Waals surface area (Å²) in [4.78, 5) is 45.3. The van der Waals surface area contributed by atoms with Crippen LogP contribution in [0.25, 0.3) is 0 Å². The predicted octanol–water partition coefficient (Wildman–Crippen LogP) is 1.97. The second kappa shape index (κ2) is 8.02. The van der Waals surface area contributed by atoms with Crippen molar-refractivity contribution in [3.63, 3.8) is 0 Å². The number of hydrogen-bond acceptors (Lipinski definition) is 5. The van der Waals surface area contributed by atoms with E-state index in [0.717, 1.165) is 30.9 Å². The summed E-state index contributed by atoms with van der Waals surface area (Å²) < 4.78 is 0. The van der Waals surface area contributed by atoms with Crippen molar-refractivity contribution >= 4 is 23.7 Å². The lowest BCUT2D eigenvalue weighted by Crippen LogP contribution is -2.49. The first-order valence-corrected chi connectivity index (χ1v) is 10.6. The normalized spacial score (nSPS) is 21.1. The number of pyridine rings is 1. The molecule has 0 aliphatic carbocycles. The molecule has 2 N–H and O–H groups in total. The molecule has 2 saturated heterocycles. The number of aromatic nitrogens is 1. The van der Waals surface area contributed by atoms with Crippen LogP contribution in [-0.2, 0) is 16.8 Å². The minimum absolute atomic E-state index is 0.0396. The van der Waals surface area contributed by atoms with Crippen LogP contribution in [0.1, 0.15) is 40.9 Å². The zero-order valence-electron chi connectivity index (χ0n) is 18.1. The van der Waals surface area contributed by atoms with E-state index in [1.54, 1.807) is 31.2 Å². The molecule has 0 bridgehead atoms. The fourth-order valence-electron chi connectivity index (χ4n) is 4.15. The maximum Gasteiger partial charge on any atom is 0.322 e. The van der Waals surface area contributed by atoms with E-state index in [0.29, 0.717) is 24.2 Å². The van der Waals surface area contributed by atoms with Gasteiger partial charge in [0.25, 0.3) is 11.8 Å². The molecule has 8 heteroatoms. The summed E-state index contributed by atoms with van der Waals surface area (Å²) in [5, 5.41) is 4.88. The van der Waals surface area contributed by atoms with Gasteiger partial charge in [0, 0.05) is 37.9 Å². The van der Waals surface area contributed by atoms with Gasteiger partial charge in [-0.05, 0) is 49.1 Å². The van der Waals surface area contributed by atoms with Gasteiger partial charge in [0.15, 0.2) is 0 Å². The van der Waals surface area contributed by atoms with Gasteiger partial charge in [0.05, 0.1) is 0 Å².